The molecular weight excluding hydrogens is 259 g/mol. The van der Waals surface area contributed by atoms with Gasteiger partial charge in [0.2, 0.25) is 0 Å². The molecule has 0 radical (unpaired) electrons. The first-order chi connectivity index (χ1) is 8.35. The molecule has 0 amide bonds. The minimum absolute atomic E-state index is 0.606. The van der Waals surface area contributed by atoms with E-state index in [2.05, 4.69) is 4.52 Å². The van der Waals surface area contributed by atoms with Gasteiger partial charge in [-0.15, -0.1) is 0 Å². The minimum Gasteiger partial charge on any atom is -0.379 e. The number of carbonyl (C=O) groups is 1. The fraction of sp³-hybridized carbons (Fsp3) is 0.300. The van der Waals surface area contributed by atoms with Crippen LogP contribution in [0.25, 0.3) is 0 Å². The molecule has 1 aromatic carbocycles. The second-order valence-corrected chi connectivity index (χ2v) is 4.81. The molecular formula is C10H15N2O5P. The Labute approximate surface area is 105 Å². The van der Waals surface area contributed by atoms with Crippen molar-refractivity contribution in [3.63, 3.8) is 0 Å². The smallest absolute Gasteiger partial charge is 0.379 e. The molecule has 0 aromatic heterocycles. The number of hydrogen-bond donors (Lipinski definition) is 2. The molecule has 0 aliphatic rings. The summed E-state index contributed by atoms with van der Waals surface area (Å²) in [5.74, 6) is -0.950. The highest BCUT2D eigenvalue weighted by Gasteiger charge is 2.28. The second-order valence-electron chi connectivity index (χ2n) is 3.49. The van der Waals surface area contributed by atoms with Crippen LogP contribution in [-0.4, -0.2) is 24.0 Å². The Balaban J connectivity index is 2.83. The maximum absolute atomic E-state index is 11.6. The van der Waals surface area contributed by atoms with Crippen molar-refractivity contribution in [1.82, 2.24) is 0 Å². The van der Waals surface area contributed by atoms with Crippen LogP contribution < -0.4 is 10.6 Å². The van der Waals surface area contributed by atoms with Crippen LogP contribution in [0.1, 0.15) is 6.92 Å². The van der Waals surface area contributed by atoms with Gasteiger partial charge >= 0.3 is 13.7 Å². The highest BCUT2D eigenvalue weighted by atomic mass is 31.2. The molecule has 0 saturated carbocycles. The van der Waals surface area contributed by atoms with Crippen LogP contribution >= 0.6 is 7.75 Å². The van der Waals surface area contributed by atoms with E-state index in [9.17, 15) is 9.36 Å². The van der Waals surface area contributed by atoms with E-state index in [1.165, 1.54) is 19.1 Å². The normalized spacial score (nSPS) is 15.6. The van der Waals surface area contributed by atoms with E-state index in [-0.39, 0.29) is 0 Å². The van der Waals surface area contributed by atoms with Crippen molar-refractivity contribution in [2.45, 2.75) is 13.0 Å². The van der Waals surface area contributed by atoms with Crippen LogP contribution in [0.5, 0.6) is 0 Å². The van der Waals surface area contributed by atoms with Gasteiger partial charge < -0.3 is 9.42 Å². The third-order valence-electron chi connectivity index (χ3n) is 2.12. The molecule has 2 atom stereocenters. The zero-order valence-electron chi connectivity index (χ0n) is 10.0. The van der Waals surface area contributed by atoms with Gasteiger partial charge in [0.25, 0.3) is 0 Å². The van der Waals surface area contributed by atoms with Crippen LogP contribution in [0, 0.1) is 0 Å². The fourth-order valence-corrected chi connectivity index (χ4v) is 1.77. The molecule has 0 saturated heterocycles. The Morgan fingerprint density at radius 2 is 2.00 bits per heavy atom. The van der Waals surface area contributed by atoms with Crippen molar-refractivity contribution < 1.29 is 23.6 Å². The Morgan fingerprint density at radius 1 is 1.44 bits per heavy atom. The lowest BCUT2D eigenvalue weighted by atomic mass is 10.2. The van der Waals surface area contributed by atoms with Crippen molar-refractivity contribution in [3.8, 4) is 0 Å². The third-order valence-corrected chi connectivity index (χ3v) is 2.56. The SMILES string of the molecule is CON(c1ccccc1)[C@@H](C)C(=O)OP(N)(=O)O. The van der Waals surface area contributed by atoms with Crippen molar-refractivity contribution in [2.75, 3.05) is 12.2 Å². The molecule has 100 valence electrons. The molecule has 7 nitrogen and oxygen atoms in total. The van der Waals surface area contributed by atoms with Gasteiger partial charge in [0.1, 0.15) is 0 Å². The maximum atomic E-state index is 11.6. The molecule has 0 bridgehead atoms. The van der Waals surface area contributed by atoms with Crippen LogP contribution in [-0.2, 0) is 18.7 Å². The van der Waals surface area contributed by atoms with E-state index in [1.54, 1.807) is 24.3 Å². The monoisotopic (exact) mass is 274 g/mol. The number of hydrogen-bond acceptors (Lipinski definition) is 5. The Morgan fingerprint density at radius 3 is 2.44 bits per heavy atom. The molecule has 0 aliphatic carbocycles. The number of carbonyl (C=O) groups excluding carboxylic acids is 1. The Bertz CT molecular complexity index is 447. The quantitative estimate of drug-likeness (QED) is 0.611. The summed E-state index contributed by atoms with van der Waals surface area (Å²) in [5, 5.41) is 1.25. The van der Waals surface area contributed by atoms with Gasteiger partial charge in [-0.25, -0.2) is 19.9 Å². The second kappa shape index (κ2) is 5.97. The van der Waals surface area contributed by atoms with Crippen LogP contribution in [0.3, 0.4) is 0 Å². The highest BCUT2D eigenvalue weighted by Crippen LogP contribution is 2.32. The Hall–Kier alpha value is -1.40. The first-order valence-corrected chi connectivity index (χ1v) is 6.73. The van der Waals surface area contributed by atoms with E-state index in [0.29, 0.717) is 5.69 Å². The van der Waals surface area contributed by atoms with Gasteiger partial charge in [-0.1, -0.05) is 18.2 Å². The average Bonchev–Trinajstić information content (AvgIpc) is 2.29. The third kappa shape index (κ3) is 4.12. The zero-order chi connectivity index (χ0) is 13.8. The predicted molar refractivity (Wildman–Crippen MR) is 65.5 cm³/mol. The van der Waals surface area contributed by atoms with Gasteiger partial charge in [0, 0.05) is 0 Å². The lowest BCUT2D eigenvalue weighted by Gasteiger charge is -2.27. The van der Waals surface area contributed by atoms with Crippen molar-refractivity contribution in [2.24, 2.45) is 5.50 Å². The van der Waals surface area contributed by atoms with Crippen LogP contribution in [0.4, 0.5) is 5.69 Å². The predicted octanol–water partition coefficient (Wildman–Crippen LogP) is 1.05. The molecule has 3 N–H and O–H groups in total. The summed E-state index contributed by atoms with van der Waals surface area (Å²) in [4.78, 5) is 25.4. The summed E-state index contributed by atoms with van der Waals surface area (Å²) in [6, 6.07) is 7.85. The molecule has 0 aliphatic heterocycles. The van der Waals surface area contributed by atoms with E-state index in [1.807, 2.05) is 6.07 Å². The number of benzene rings is 1. The summed E-state index contributed by atoms with van der Waals surface area (Å²) >= 11 is 0. The molecule has 8 heteroatoms. The van der Waals surface area contributed by atoms with Crippen LogP contribution in [0.2, 0.25) is 0 Å². The van der Waals surface area contributed by atoms with E-state index in [0.717, 1.165) is 0 Å². The number of para-hydroxylation sites is 1. The Kier molecular flexibility index (Phi) is 4.86. The molecule has 1 rings (SSSR count). The first-order valence-electron chi connectivity index (χ1n) is 5.08. The zero-order valence-corrected chi connectivity index (χ0v) is 10.9. The number of hydroxylamine groups is 1. The molecule has 1 unspecified atom stereocenters. The lowest BCUT2D eigenvalue weighted by molar-refractivity contribution is -0.137. The molecule has 0 spiro atoms. The summed E-state index contributed by atoms with van der Waals surface area (Å²) in [7, 11) is -2.98. The van der Waals surface area contributed by atoms with Gasteiger partial charge in [0.05, 0.1) is 12.8 Å². The topological polar surface area (TPSA) is 102 Å². The summed E-state index contributed by atoms with van der Waals surface area (Å²) in [6.07, 6.45) is 0. The lowest BCUT2D eigenvalue weighted by Crippen LogP contribution is -2.39. The average molecular weight is 274 g/mol. The van der Waals surface area contributed by atoms with E-state index < -0.39 is 19.8 Å². The standard InChI is InChI=1S/C10H15N2O5P/c1-8(10(13)17-18(11,14)15)12(16-2)9-6-4-3-5-7-9/h3-8H,1-2H3,(H3,11,14,15)/t8-/m0/s1. The number of nitrogens with two attached hydrogens (primary N) is 1. The van der Waals surface area contributed by atoms with E-state index >= 15 is 0 Å². The summed E-state index contributed by atoms with van der Waals surface area (Å²) in [5.41, 5.74) is 5.37. The van der Waals surface area contributed by atoms with E-state index in [4.69, 9.17) is 15.2 Å². The van der Waals surface area contributed by atoms with Crippen molar-refractivity contribution in [3.05, 3.63) is 30.3 Å². The highest BCUT2D eigenvalue weighted by molar-refractivity contribution is 7.50. The minimum atomic E-state index is -4.35. The van der Waals surface area contributed by atoms with Gasteiger partial charge in [0.15, 0.2) is 6.04 Å². The molecule has 1 aromatic rings. The van der Waals surface area contributed by atoms with Gasteiger partial charge in [-0.05, 0) is 19.1 Å². The van der Waals surface area contributed by atoms with Gasteiger partial charge in [-0.2, -0.15) is 0 Å². The number of anilines is 1. The molecule has 18 heavy (non-hydrogen) atoms. The van der Waals surface area contributed by atoms with Crippen molar-refractivity contribution in [1.29, 1.82) is 0 Å². The largest absolute Gasteiger partial charge is 0.455 e. The van der Waals surface area contributed by atoms with Gasteiger partial charge in [-0.3, -0.25) is 4.84 Å². The fourth-order valence-electron chi connectivity index (χ4n) is 1.36. The number of rotatable bonds is 5. The summed E-state index contributed by atoms with van der Waals surface area (Å²) in [6.45, 7) is 1.47. The van der Waals surface area contributed by atoms with Crippen molar-refractivity contribution >= 4 is 19.4 Å². The first kappa shape index (κ1) is 14.7. The number of nitrogens with zero attached hydrogens (tertiary/aromatic N) is 1. The maximum Gasteiger partial charge on any atom is 0.455 e. The molecule has 0 fully saturated rings. The van der Waals surface area contributed by atoms with Crippen LogP contribution in [0.15, 0.2) is 30.3 Å². The summed E-state index contributed by atoms with van der Waals surface area (Å²) < 4.78 is 15.0. The molecule has 0 heterocycles.